The number of carbonyl (C=O) groups excluding carboxylic acids is 1. The summed E-state index contributed by atoms with van der Waals surface area (Å²) in [7, 11) is -2.03. The van der Waals surface area contributed by atoms with Crippen molar-refractivity contribution in [3.63, 3.8) is 0 Å². The Morgan fingerprint density at radius 2 is 1.62 bits per heavy atom. The monoisotopic (exact) mass is 418 g/mol. The van der Waals surface area contributed by atoms with Gasteiger partial charge in [-0.2, -0.15) is 4.31 Å². The van der Waals surface area contributed by atoms with Crippen molar-refractivity contribution in [2.75, 3.05) is 7.05 Å². The Morgan fingerprint density at radius 1 is 1.07 bits per heavy atom. The molecule has 4 aliphatic rings. The second-order valence-electron chi connectivity index (χ2n) is 10.1. The number of benzene rings is 1. The van der Waals surface area contributed by atoms with Crippen LogP contribution in [0.1, 0.15) is 69.7 Å². The fourth-order valence-corrected chi connectivity index (χ4v) is 7.80. The smallest absolute Gasteiger partial charge is 0.251 e. The molecule has 5 nitrogen and oxygen atoms in total. The summed E-state index contributed by atoms with van der Waals surface area (Å²) in [6.45, 7) is 5.82. The zero-order valence-electron chi connectivity index (χ0n) is 18.0. The minimum absolute atomic E-state index is 0.113. The first kappa shape index (κ1) is 20.9. The molecule has 1 N–H and O–H groups in total. The molecule has 4 aliphatic carbocycles. The second kappa shape index (κ2) is 7.38. The van der Waals surface area contributed by atoms with E-state index < -0.39 is 10.0 Å². The van der Waals surface area contributed by atoms with Crippen molar-refractivity contribution >= 4 is 15.9 Å². The maximum Gasteiger partial charge on any atom is 0.251 e. The maximum atomic E-state index is 13.0. The Hall–Kier alpha value is -1.40. The van der Waals surface area contributed by atoms with E-state index in [0.29, 0.717) is 5.56 Å². The first-order valence-corrected chi connectivity index (χ1v) is 12.4. The maximum absolute atomic E-state index is 13.0. The highest BCUT2D eigenvalue weighted by atomic mass is 32.2. The van der Waals surface area contributed by atoms with Gasteiger partial charge in [0.15, 0.2) is 0 Å². The quantitative estimate of drug-likeness (QED) is 0.758. The molecule has 1 amide bonds. The molecule has 1 aromatic rings. The SMILES string of the molecule is CC(C)N(C)S(=O)(=O)c1cccc(C(=O)N[C@@H](C)C23CC4CC(CC(C4)C2)C3)c1. The highest BCUT2D eigenvalue weighted by molar-refractivity contribution is 7.89. The van der Waals surface area contributed by atoms with E-state index in [1.54, 1.807) is 25.2 Å². The van der Waals surface area contributed by atoms with E-state index in [1.165, 1.54) is 48.9 Å². The molecule has 0 radical (unpaired) electrons. The van der Waals surface area contributed by atoms with Crippen LogP contribution in [0.5, 0.6) is 0 Å². The van der Waals surface area contributed by atoms with Crippen molar-refractivity contribution in [3.8, 4) is 0 Å². The normalized spacial score (nSPS) is 32.0. The molecule has 5 rings (SSSR count). The molecular formula is C23H34N2O3S. The second-order valence-corrected chi connectivity index (χ2v) is 12.1. The summed E-state index contributed by atoms with van der Waals surface area (Å²) in [6.07, 6.45) is 7.83. The van der Waals surface area contributed by atoms with E-state index in [9.17, 15) is 13.2 Å². The van der Waals surface area contributed by atoms with Gasteiger partial charge in [0, 0.05) is 24.7 Å². The zero-order chi connectivity index (χ0) is 21.0. The molecule has 0 heterocycles. The first-order chi connectivity index (χ1) is 13.6. The van der Waals surface area contributed by atoms with E-state index in [1.807, 2.05) is 13.8 Å². The molecule has 1 aromatic carbocycles. The van der Waals surface area contributed by atoms with Gasteiger partial charge in [-0.05, 0) is 101 Å². The lowest BCUT2D eigenvalue weighted by Crippen LogP contribution is -2.55. The third-order valence-electron chi connectivity index (χ3n) is 7.85. The van der Waals surface area contributed by atoms with Gasteiger partial charge < -0.3 is 5.32 Å². The summed E-state index contributed by atoms with van der Waals surface area (Å²) in [5.74, 6) is 2.33. The minimum Gasteiger partial charge on any atom is -0.349 e. The number of rotatable bonds is 6. The standard InChI is InChI=1S/C23H34N2O3S/c1-15(2)25(4)29(27,28)21-7-5-6-20(11-21)22(26)24-16(3)23-12-17-8-18(13-23)10-19(9-17)14-23/h5-7,11,15-19H,8-10,12-14H2,1-4H3,(H,24,26)/t16-,17?,18?,19?,23?/m0/s1. The molecule has 0 unspecified atom stereocenters. The van der Waals surface area contributed by atoms with Crippen LogP contribution >= 0.6 is 0 Å². The van der Waals surface area contributed by atoms with Crippen LogP contribution in [-0.4, -0.2) is 37.8 Å². The van der Waals surface area contributed by atoms with Gasteiger partial charge in [-0.1, -0.05) is 6.07 Å². The van der Waals surface area contributed by atoms with E-state index in [-0.39, 0.29) is 28.3 Å². The number of hydrogen-bond acceptors (Lipinski definition) is 3. The number of carbonyl (C=O) groups is 1. The highest BCUT2D eigenvalue weighted by Gasteiger charge is 2.53. The number of amides is 1. The Kier molecular flexibility index (Phi) is 5.31. The molecule has 1 atom stereocenters. The molecule has 6 heteroatoms. The molecule has 29 heavy (non-hydrogen) atoms. The van der Waals surface area contributed by atoms with Gasteiger partial charge in [-0.15, -0.1) is 0 Å². The molecule has 0 aromatic heterocycles. The van der Waals surface area contributed by atoms with E-state index in [2.05, 4.69) is 12.2 Å². The fourth-order valence-electron chi connectivity index (χ4n) is 6.38. The summed E-state index contributed by atoms with van der Waals surface area (Å²) < 4.78 is 26.9. The lowest BCUT2D eigenvalue weighted by atomic mass is 9.48. The van der Waals surface area contributed by atoms with Gasteiger partial charge in [-0.3, -0.25) is 4.79 Å². The van der Waals surface area contributed by atoms with Crippen LogP contribution in [0.15, 0.2) is 29.2 Å². The van der Waals surface area contributed by atoms with Gasteiger partial charge in [0.05, 0.1) is 4.90 Å². The number of hydrogen-bond donors (Lipinski definition) is 1. The fraction of sp³-hybridized carbons (Fsp3) is 0.696. The van der Waals surface area contributed by atoms with Crippen molar-refractivity contribution in [2.24, 2.45) is 23.2 Å². The summed E-state index contributed by atoms with van der Waals surface area (Å²) >= 11 is 0. The van der Waals surface area contributed by atoms with Crippen molar-refractivity contribution in [2.45, 2.75) is 76.3 Å². The number of nitrogens with one attached hydrogen (secondary N) is 1. The Morgan fingerprint density at radius 3 is 2.14 bits per heavy atom. The Balaban J connectivity index is 1.51. The summed E-state index contributed by atoms with van der Waals surface area (Å²) in [6, 6.07) is 6.40. The predicted molar refractivity (Wildman–Crippen MR) is 114 cm³/mol. The van der Waals surface area contributed by atoms with Crippen LogP contribution in [0, 0.1) is 23.2 Å². The van der Waals surface area contributed by atoms with Gasteiger partial charge >= 0.3 is 0 Å². The van der Waals surface area contributed by atoms with Crippen LogP contribution in [0.3, 0.4) is 0 Å². The topological polar surface area (TPSA) is 66.5 Å². The van der Waals surface area contributed by atoms with Crippen molar-refractivity contribution in [3.05, 3.63) is 29.8 Å². The molecule has 0 saturated heterocycles. The van der Waals surface area contributed by atoms with Crippen LogP contribution in [0.4, 0.5) is 0 Å². The average molecular weight is 419 g/mol. The first-order valence-electron chi connectivity index (χ1n) is 11.0. The summed E-state index contributed by atoms with van der Waals surface area (Å²) in [5, 5.41) is 3.24. The molecule has 4 saturated carbocycles. The predicted octanol–water partition coefficient (Wildman–Crippen LogP) is 4.05. The van der Waals surface area contributed by atoms with Gasteiger partial charge in [0.1, 0.15) is 0 Å². The molecule has 160 valence electrons. The molecule has 4 fully saturated rings. The summed E-state index contributed by atoms with van der Waals surface area (Å²) in [4.78, 5) is 13.2. The van der Waals surface area contributed by atoms with Gasteiger partial charge in [0.2, 0.25) is 10.0 Å². The Bertz CT molecular complexity index is 858. The molecule has 4 bridgehead atoms. The minimum atomic E-state index is -3.61. The largest absolute Gasteiger partial charge is 0.349 e. The van der Waals surface area contributed by atoms with Crippen molar-refractivity contribution in [1.29, 1.82) is 0 Å². The Labute approximate surface area is 175 Å². The van der Waals surface area contributed by atoms with Crippen LogP contribution in [-0.2, 0) is 10.0 Å². The van der Waals surface area contributed by atoms with Gasteiger partial charge in [-0.25, -0.2) is 8.42 Å². The zero-order valence-corrected chi connectivity index (χ0v) is 18.8. The molecule has 0 spiro atoms. The molecule has 0 aliphatic heterocycles. The van der Waals surface area contributed by atoms with E-state index in [4.69, 9.17) is 0 Å². The lowest BCUT2D eigenvalue weighted by molar-refractivity contribution is -0.0688. The van der Waals surface area contributed by atoms with Crippen LogP contribution in [0.2, 0.25) is 0 Å². The van der Waals surface area contributed by atoms with E-state index in [0.717, 1.165) is 17.8 Å². The van der Waals surface area contributed by atoms with Crippen molar-refractivity contribution < 1.29 is 13.2 Å². The third-order valence-corrected chi connectivity index (χ3v) is 9.88. The van der Waals surface area contributed by atoms with Crippen molar-refractivity contribution in [1.82, 2.24) is 9.62 Å². The third kappa shape index (κ3) is 3.74. The van der Waals surface area contributed by atoms with Gasteiger partial charge in [0.25, 0.3) is 5.91 Å². The summed E-state index contributed by atoms with van der Waals surface area (Å²) in [5.41, 5.74) is 0.645. The average Bonchev–Trinajstić information content (AvgIpc) is 2.66. The molecular weight excluding hydrogens is 384 g/mol. The number of sulfonamides is 1. The van der Waals surface area contributed by atoms with E-state index >= 15 is 0 Å². The number of nitrogens with zero attached hydrogens (tertiary/aromatic N) is 1. The van der Waals surface area contributed by atoms with Crippen LogP contribution in [0.25, 0.3) is 0 Å². The highest BCUT2D eigenvalue weighted by Crippen LogP contribution is 2.61. The lowest BCUT2D eigenvalue weighted by Gasteiger charge is -2.59. The van der Waals surface area contributed by atoms with Crippen LogP contribution < -0.4 is 5.32 Å².